The van der Waals surface area contributed by atoms with E-state index in [0.29, 0.717) is 18.9 Å². The average Bonchev–Trinajstić information content (AvgIpc) is 2.43. The SMILES string of the molecule is CC(C)C(N)CCN(C)C(=O)Cc1ccccc1C(F)(F)F. The molecule has 22 heavy (non-hydrogen) atoms. The average molecular weight is 316 g/mol. The summed E-state index contributed by atoms with van der Waals surface area (Å²) >= 11 is 0. The van der Waals surface area contributed by atoms with Crippen LogP contribution in [0.25, 0.3) is 0 Å². The molecule has 0 bridgehead atoms. The number of hydrogen-bond donors (Lipinski definition) is 1. The lowest BCUT2D eigenvalue weighted by Crippen LogP contribution is -2.35. The number of nitrogens with zero attached hydrogens (tertiary/aromatic N) is 1. The maximum Gasteiger partial charge on any atom is 0.416 e. The van der Waals surface area contributed by atoms with Crippen molar-refractivity contribution in [2.45, 2.75) is 38.9 Å². The Bertz CT molecular complexity index is 500. The summed E-state index contributed by atoms with van der Waals surface area (Å²) in [7, 11) is 1.59. The predicted octanol–water partition coefficient (Wildman–Crippen LogP) is 3.08. The fourth-order valence-electron chi connectivity index (χ4n) is 2.05. The zero-order valence-electron chi connectivity index (χ0n) is 13.2. The molecule has 3 nitrogen and oxygen atoms in total. The van der Waals surface area contributed by atoms with Crippen LogP contribution in [-0.4, -0.2) is 30.4 Å². The van der Waals surface area contributed by atoms with Crippen LogP contribution in [0.3, 0.4) is 0 Å². The molecule has 1 amide bonds. The first kappa shape index (κ1) is 18.5. The summed E-state index contributed by atoms with van der Waals surface area (Å²) in [6, 6.07) is 5.14. The van der Waals surface area contributed by atoms with Gasteiger partial charge in [-0.2, -0.15) is 13.2 Å². The summed E-state index contributed by atoms with van der Waals surface area (Å²) in [6.45, 7) is 4.42. The van der Waals surface area contributed by atoms with E-state index in [4.69, 9.17) is 5.73 Å². The smallest absolute Gasteiger partial charge is 0.345 e. The second-order valence-corrected chi connectivity index (χ2v) is 5.84. The highest BCUT2D eigenvalue weighted by atomic mass is 19.4. The molecule has 1 aromatic carbocycles. The number of rotatable bonds is 6. The normalized spacial score (nSPS) is 13.3. The maximum atomic E-state index is 12.9. The van der Waals surface area contributed by atoms with E-state index in [1.165, 1.54) is 23.1 Å². The van der Waals surface area contributed by atoms with E-state index < -0.39 is 11.7 Å². The number of carbonyl (C=O) groups is 1. The molecule has 0 heterocycles. The number of amides is 1. The van der Waals surface area contributed by atoms with E-state index in [9.17, 15) is 18.0 Å². The Labute approximate surface area is 129 Å². The standard InChI is InChI=1S/C16H23F3N2O/c1-11(2)14(20)8-9-21(3)15(22)10-12-6-4-5-7-13(12)16(17,18)19/h4-7,11,14H,8-10,20H2,1-3H3. The second kappa shape index (κ2) is 7.63. The van der Waals surface area contributed by atoms with Crippen LogP contribution >= 0.6 is 0 Å². The van der Waals surface area contributed by atoms with Gasteiger partial charge in [-0.3, -0.25) is 4.79 Å². The van der Waals surface area contributed by atoms with Crippen molar-refractivity contribution < 1.29 is 18.0 Å². The van der Waals surface area contributed by atoms with E-state index >= 15 is 0 Å². The van der Waals surface area contributed by atoms with Gasteiger partial charge in [-0.05, 0) is 24.0 Å². The Hall–Kier alpha value is -1.56. The molecule has 0 spiro atoms. The molecule has 1 unspecified atom stereocenters. The molecule has 0 aromatic heterocycles. The minimum atomic E-state index is -4.45. The minimum absolute atomic E-state index is 0.00000745. The molecule has 1 rings (SSSR count). The summed E-state index contributed by atoms with van der Waals surface area (Å²) in [4.78, 5) is 13.5. The molecule has 2 N–H and O–H groups in total. The largest absolute Gasteiger partial charge is 0.416 e. The Balaban J connectivity index is 2.69. The number of halogens is 3. The lowest BCUT2D eigenvalue weighted by Gasteiger charge is -2.22. The van der Waals surface area contributed by atoms with Crippen molar-refractivity contribution in [3.8, 4) is 0 Å². The van der Waals surface area contributed by atoms with E-state index in [2.05, 4.69) is 0 Å². The first-order chi connectivity index (χ1) is 10.1. The molecule has 0 aliphatic rings. The van der Waals surface area contributed by atoms with E-state index in [1.54, 1.807) is 7.05 Å². The zero-order valence-corrected chi connectivity index (χ0v) is 13.2. The Morgan fingerprint density at radius 2 is 1.86 bits per heavy atom. The third-order valence-electron chi connectivity index (χ3n) is 3.74. The van der Waals surface area contributed by atoms with Crippen LogP contribution in [0.1, 0.15) is 31.4 Å². The number of hydrogen-bond acceptors (Lipinski definition) is 2. The molecule has 1 atom stereocenters. The van der Waals surface area contributed by atoms with Crippen molar-refractivity contribution in [3.63, 3.8) is 0 Å². The fraction of sp³-hybridized carbons (Fsp3) is 0.562. The van der Waals surface area contributed by atoms with Crippen LogP contribution in [0.15, 0.2) is 24.3 Å². The van der Waals surface area contributed by atoms with Crippen LogP contribution in [0.5, 0.6) is 0 Å². The zero-order chi connectivity index (χ0) is 16.9. The van der Waals surface area contributed by atoms with Crippen molar-refractivity contribution in [3.05, 3.63) is 35.4 Å². The molecular weight excluding hydrogens is 293 g/mol. The molecular formula is C16H23F3N2O. The molecule has 0 radical (unpaired) electrons. The lowest BCUT2D eigenvalue weighted by atomic mass is 10.0. The van der Waals surface area contributed by atoms with E-state index in [-0.39, 0.29) is 23.9 Å². The van der Waals surface area contributed by atoms with Crippen molar-refractivity contribution >= 4 is 5.91 Å². The van der Waals surface area contributed by atoms with Gasteiger partial charge in [0.1, 0.15) is 0 Å². The molecule has 0 saturated heterocycles. The predicted molar refractivity (Wildman–Crippen MR) is 80.2 cm³/mol. The maximum absolute atomic E-state index is 12.9. The third kappa shape index (κ3) is 5.33. The van der Waals surface area contributed by atoms with Crippen molar-refractivity contribution in [2.24, 2.45) is 11.7 Å². The van der Waals surface area contributed by atoms with Crippen LogP contribution in [0, 0.1) is 5.92 Å². The highest BCUT2D eigenvalue weighted by molar-refractivity contribution is 5.79. The summed E-state index contributed by atoms with van der Waals surface area (Å²) in [5.74, 6) is -0.0397. The Kier molecular flexibility index (Phi) is 6.41. The molecule has 0 aliphatic heterocycles. The fourth-order valence-corrected chi connectivity index (χ4v) is 2.05. The van der Waals surface area contributed by atoms with Gasteiger partial charge in [-0.25, -0.2) is 0 Å². The highest BCUT2D eigenvalue weighted by Crippen LogP contribution is 2.32. The van der Waals surface area contributed by atoms with Gasteiger partial charge in [0.2, 0.25) is 5.91 Å². The van der Waals surface area contributed by atoms with Crippen molar-refractivity contribution in [1.82, 2.24) is 4.90 Å². The molecule has 124 valence electrons. The van der Waals surface area contributed by atoms with Crippen LogP contribution < -0.4 is 5.73 Å². The van der Waals surface area contributed by atoms with Crippen molar-refractivity contribution in [2.75, 3.05) is 13.6 Å². The highest BCUT2D eigenvalue weighted by Gasteiger charge is 2.33. The topological polar surface area (TPSA) is 46.3 Å². The van der Waals surface area contributed by atoms with Gasteiger partial charge in [-0.15, -0.1) is 0 Å². The van der Waals surface area contributed by atoms with E-state index in [0.717, 1.165) is 6.07 Å². The monoisotopic (exact) mass is 316 g/mol. The van der Waals surface area contributed by atoms with E-state index in [1.807, 2.05) is 13.8 Å². The Morgan fingerprint density at radius 3 is 2.41 bits per heavy atom. The van der Waals surface area contributed by atoms with Gasteiger partial charge in [0.05, 0.1) is 12.0 Å². The first-order valence-electron chi connectivity index (χ1n) is 7.27. The van der Waals surface area contributed by atoms with Crippen LogP contribution in [0.2, 0.25) is 0 Å². The lowest BCUT2D eigenvalue weighted by molar-refractivity contribution is -0.138. The summed E-state index contributed by atoms with van der Waals surface area (Å²) < 4.78 is 38.7. The summed E-state index contributed by atoms with van der Waals surface area (Å²) in [5, 5.41) is 0. The molecule has 0 aliphatic carbocycles. The van der Waals surface area contributed by atoms with Gasteiger partial charge >= 0.3 is 6.18 Å². The number of alkyl halides is 3. The number of nitrogens with two attached hydrogens (primary N) is 1. The van der Waals surface area contributed by atoms with Crippen LogP contribution in [0.4, 0.5) is 13.2 Å². The van der Waals surface area contributed by atoms with Crippen LogP contribution in [-0.2, 0) is 17.4 Å². The molecule has 6 heteroatoms. The second-order valence-electron chi connectivity index (χ2n) is 5.84. The number of benzene rings is 1. The summed E-state index contributed by atoms with van der Waals surface area (Å²) in [6.07, 6.45) is -4.08. The van der Waals surface area contributed by atoms with Gasteiger partial charge in [0.25, 0.3) is 0 Å². The minimum Gasteiger partial charge on any atom is -0.345 e. The quantitative estimate of drug-likeness (QED) is 0.876. The molecule has 0 fully saturated rings. The summed E-state index contributed by atoms with van der Waals surface area (Å²) in [5.41, 5.74) is 5.16. The van der Waals surface area contributed by atoms with Gasteiger partial charge < -0.3 is 10.6 Å². The number of likely N-dealkylation sites (N-methyl/N-ethyl adjacent to an activating group) is 1. The van der Waals surface area contributed by atoms with Gasteiger partial charge in [0.15, 0.2) is 0 Å². The number of carbonyl (C=O) groups excluding carboxylic acids is 1. The van der Waals surface area contributed by atoms with Gasteiger partial charge in [-0.1, -0.05) is 32.0 Å². The third-order valence-corrected chi connectivity index (χ3v) is 3.74. The first-order valence-corrected chi connectivity index (χ1v) is 7.27. The Morgan fingerprint density at radius 1 is 1.27 bits per heavy atom. The molecule has 0 saturated carbocycles. The van der Waals surface area contributed by atoms with Crippen molar-refractivity contribution in [1.29, 1.82) is 0 Å². The molecule has 1 aromatic rings. The van der Waals surface area contributed by atoms with Gasteiger partial charge in [0, 0.05) is 19.6 Å².